The number of hydrogen-bond donors (Lipinski definition) is 2. The molecule has 0 aliphatic carbocycles. The molecule has 0 aliphatic rings. The van der Waals surface area contributed by atoms with E-state index in [1.54, 1.807) is 19.6 Å². The molecule has 29 heavy (non-hydrogen) atoms. The molecular formula is C20H34IN7O. The van der Waals surface area contributed by atoms with E-state index in [2.05, 4.69) is 58.5 Å². The van der Waals surface area contributed by atoms with Crippen molar-refractivity contribution in [1.29, 1.82) is 0 Å². The Morgan fingerprint density at radius 3 is 2.76 bits per heavy atom. The van der Waals surface area contributed by atoms with Crippen LogP contribution < -0.4 is 15.4 Å². The van der Waals surface area contributed by atoms with Crippen LogP contribution in [0.15, 0.2) is 29.6 Å². The number of nitrogens with zero attached hydrogens (tertiary/aromatic N) is 5. The van der Waals surface area contributed by atoms with E-state index < -0.39 is 0 Å². The van der Waals surface area contributed by atoms with Crippen LogP contribution in [0, 0.1) is 5.92 Å². The zero-order valence-electron chi connectivity index (χ0n) is 18.1. The van der Waals surface area contributed by atoms with Gasteiger partial charge in [0.1, 0.15) is 12.2 Å². The molecule has 9 heteroatoms. The van der Waals surface area contributed by atoms with Crippen LogP contribution >= 0.6 is 24.0 Å². The Balaban J connectivity index is 0.00000420. The molecule has 0 fully saturated rings. The van der Waals surface area contributed by atoms with E-state index in [0.29, 0.717) is 18.3 Å². The number of nitrogens with one attached hydrogen (secondary N) is 2. The molecule has 1 atom stereocenters. The molecule has 8 nitrogen and oxygen atoms in total. The molecule has 2 heterocycles. The van der Waals surface area contributed by atoms with E-state index in [9.17, 15) is 0 Å². The Labute approximate surface area is 191 Å². The fourth-order valence-electron chi connectivity index (χ4n) is 2.98. The lowest BCUT2D eigenvalue weighted by Gasteiger charge is -2.16. The fourth-order valence-corrected chi connectivity index (χ4v) is 2.98. The van der Waals surface area contributed by atoms with Gasteiger partial charge in [-0.05, 0) is 30.9 Å². The Hall–Kier alpha value is -1.91. The molecule has 0 radical (unpaired) electrons. The minimum atomic E-state index is 0. The van der Waals surface area contributed by atoms with Crippen molar-refractivity contribution < 1.29 is 4.74 Å². The van der Waals surface area contributed by atoms with Crippen LogP contribution in [0.2, 0.25) is 0 Å². The monoisotopic (exact) mass is 515 g/mol. The summed E-state index contributed by atoms with van der Waals surface area (Å²) >= 11 is 0. The molecule has 0 spiro atoms. The Morgan fingerprint density at radius 2 is 2.07 bits per heavy atom. The SMILES string of the molecule is CCc1nncn1CCNC(=NC)NCc1ccnc(OC(C)CC(C)C)c1.I. The summed E-state index contributed by atoms with van der Waals surface area (Å²) in [7, 11) is 1.76. The lowest BCUT2D eigenvalue weighted by atomic mass is 10.1. The molecule has 1 unspecified atom stereocenters. The van der Waals surface area contributed by atoms with Crippen molar-refractivity contribution >= 4 is 29.9 Å². The first kappa shape index (κ1) is 25.1. The maximum absolute atomic E-state index is 5.93. The third-order valence-corrected chi connectivity index (χ3v) is 4.27. The number of halogens is 1. The third kappa shape index (κ3) is 8.97. The van der Waals surface area contributed by atoms with E-state index >= 15 is 0 Å². The number of aryl methyl sites for hydroxylation is 1. The molecule has 0 aliphatic heterocycles. The van der Waals surface area contributed by atoms with Crippen LogP contribution in [0.5, 0.6) is 5.88 Å². The molecule has 162 valence electrons. The number of ether oxygens (including phenoxy) is 1. The lowest BCUT2D eigenvalue weighted by Crippen LogP contribution is -2.38. The van der Waals surface area contributed by atoms with E-state index in [1.165, 1.54) is 0 Å². The number of hydrogen-bond acceptors (Lipinski definition) is 5. The van der Waals surface area contributed by atoms with E-state index in [4.69, 9.17) is 4.74 Å². The summed E-state index contributed by atoms with van der Waals surface area (Å²) in [6, 6.07) is 3.95. The van der Waals surface area contributed by atoms with Crippen LogP contribution in [0.4, 0.5) is 0 Å². The smallest absolute Gasteiger partial charge is 0.213 e. The zero-order valence-corrected chi connectivity index (χ0v) is 20.4. The average molecular weight is 515 g/mol. The number of guanidine groups is 1. The van der Waals surface area contributed by atoms with Crippen LogP contribution in [-0.4, -0.2) is 45.4 Å². The van der Waals surface area contributed by atoms with Crippen LogP contribution in [0.3, 0.4) is 0 Å². The fraction of sp³-hybridized carbons (Fsp3) is 0.600. The molecule has 0 saturated carbocycles. The van der Waals surface area contributed by atoms with Crippen molar-refractivity contribution in [3.63, 3.8) is 0 Å². The molecule has 2 aromatic rings. The summed E-state index contributed by atoms with van der Waals surface area (Å²) in [5.74, 6) is 3.00. The molecule has 2 aromatic heterocycles. The molecular weight excluding hydrogens is 481 g/mol. The first-order valence-electron chi connectivity index (χ1n) is 9.94. The van der Waals surface area contributed by atoms with Crippen molar-refractivity contribution in [1.82, 2.24) is 30.4 Å². The van der Waals surface area contributed by atoms with Gasteiger partial charge >= 0.3 is 0 Å². The number of aromatic nitrogens is 4. The number of rotatable bonds is 10. The second-order valence-electron chi connectivity index (χ2n) is 7.21. The second kappa shape index (κ2) is 13.3. The Morgan fingerprint density at radius 1 is 1.28 bits per heavy atom. The summed E-state index contributed by atoms with van der Waals surface area (Å²) < 4.78 is 7.97. The maximum Gasteiger partial charge on any atom is 0.213 e. The molecule has 2 rings (SSSR count). The second-order valence-corrected chi connectivity index (χ2v) is 7.21. The molecule has 0 saturated heterocycles. The molecule has 2 N–H and O–H groups in total. The quantitative estimate of drug-likeness (QED) is 0.287. The van der Waals surface area contributed by atoms with E-state index in [-0.39, 0.29) is 30.1 Å². The first-order chi connectivity index (χ1) is 13.5. The Kier molecular flexibility index (Phi) is 11.6. The number of aliphatic imine (C=N–C) groups is 1. The van der Waals surface area contributed by atoms with Gasteiger partial charge in [-0.3, -0.25) is 4.99 Å². The standard InChI is InChI=1S/C20H33N7O.HI/c1-6-18-26-25-14-27(18)10-9-23-20(21-5)24-13-17-7-8-22-19(12-17)28-16(4)11-15(2)3;/h7-8,12,14-16H,6,9-11,13H2,1-5H3,(H2,21,23,24);1H. The summed E-state index contributed by atoms with van der Waals surface area (Å²) in [6.07, 6.45) is 5.57. The highest BCUT2D eigenvalue weighted by atomic mass is 127. The van der Waals surface area contributed by atoms with Gasteiger partial charge in [-0.2, -0.15) is 0 Å². The first-order valence-corrected chi connectivity index (χ1v) is 9.94. The van der Waals surface area contributed by atoms with Gasteiger partial charge in [-0.1, -0.05) is 20.8 Å². The lowest BCUT2D eigenvalue weighted by molar-refractivity contribution is 0.185. The van der Waals surface area contributed by atoms with Crippen molar-refractivity contribution in [2.45, 2.75) is 59.7 Å². The van der Waals surface area contributed by atoms with Gasteiger partial charge in [-0.25, -0.2) is 4.98 Å². The highest BCUT2D eigenvalue weighted by molar-refractivity contribution is 14.0. The van der Waals surface area contributed by atoms with Crippen LogP contribution in [0.1, 0.15) is 45.5 Å². The normalized spacial score (nSPS) is 12.4. The minimum Gasteiger partial charge on any atom is -0.475 e. The Bertz CT molecular complexity index is 748. The van der Waals surface area contributed by atoms with Crippen LogP contribution in [-0.2, 0) is 19.5 Å². The third-order valence-electron chi connectivity index (χ3n) is 4.27. The van der Waals surface area contributed by atoms with Gasteiger partial charge in [0.05, 0.1) is 6.10 Å². The summed E-state index contributed by atoms with van der Waals surface area (Å²) in [4.78, 5) is 8.59. The zero-order chi connectivity index (χ0) is 20.4. The predicted octanol–water partition coefficient (Wildman–Crippen LogP) is 3.03. The highest BCUT2D eigenvalue weighted by Crippen LogP contribution is 2.14. The maximum atomic E-state index is 5.93. The minimum absolute atomic E-state index is 0. The average Bonchev–Trinajstić information content (AvgIpc) is 3.11. The summed E-state index contributed by atoms with van der Waals surface area (Å²) in [5, 5.41) is 14.7. The van der Waals surface area contributed by atoms with Gasteiger partial charge in [-0.15, -0.1) is 34.2 Å². The summed E-state index contributed by atoms with van der Waals surface area (Å²) in [6.45, 7) is 10.7. The highest BCUT2D eigenvalue weighted by Gasteiger charge is 2.08. The molecule has 0 aromatic carbocycles. The topological polar surface area (TPSA) is 89.2 Å². The van der Waals surface area contributed by atoms with E-state index in [0.717, 1.165) is 43.3 Å². The molecule has 0 bridgehead atoms. The van der Waals surface area contributed by atoms with Gasteiger partial charge < -0.3 is 19.9 Å². The molecule has 0 amide bonds. The van der Waals surface area contributed by atoms with Gasteiger partial charge in [0.15, 0.2) is 5.96 Å². The van der Waals surface area contributed by atoms with Gasteiger partial charge in [0, 0.05) is 45.4 Å². The largest absolute Gasteiger partial charge is 0.475 e. The van der Waals surface area contributed by atoms with Crippen molar-refractivity contribution in [2.75, 3.05) is 13.6 Å². The van der Waals surface area contributed by atoms with Crippen molar-refractivity contribution in [3.05, 3.63) is 36.0 Å². The van der Waals surface area contributed by atoms with Crippen LogP contribution in [0.25, 0.3) is 0 Å². The predicted molar refractivity (Wildman–Crippen MR) is 127 cm³/mol. The summed E-state index contributed by atoms with van der Waals surface area (Å²) in [5.41, 5.74) is 1.09. The van der Waals surface area contributed by atoms with Gasteiger partial charge in [0.2, 0.25) is 5.88 Å². The van der Waals surface area contributed by atoms with Crippen molar-refractivity contribution in [3.8, 4) is 5.88 Å². The number of pyridine rings is 1. The van der Waals surface area contributed by atoms with E-state index in [1.807, 2.05) is 16.7 Å². The van der Waals surface area contributed by atoms with Gasteiger partial charge in [0.25, 0.3) is 0 Å². The van der Waals surface area contributed by atoms with Crippen molar-refractivity contribution in [2.24, 2.45) is 10.9 Å².